The number of hydrogen-bond donors (Lipinski definition) is 3. The molecule has 0 aliphatic carbocycles. The van der Waals surface area contributed by atoms with E-state index in [9.17, 15) is 14.4 Å². The second-order valence-corrected chi connectivity index (χ2v) is 4.05. The predicted octanol–water partition coefficient (Wildman–Crippen LogP) is -0.585. The van der Waals surface area contributed by atoms with E-state index in [-0.39, 0.29) is 19.2 Å². The van der Waals surface area contributed by atoms with Crippen LogP contribution in [-0.2, 0) is 14.3 Å². The average Bonchev–Trinajstić information content (AvgIpc) is 2.32. The second-order valence-electron chi connectivity index (χ2n) is 4.05. The van der Waals surface area contributed by atoms with Crippen LogP contribution in [0.4, 0.5) is 4.79 Å². The molecule has 0 aromatic carbocycles. The number of aliphatic carboxylic acids is 1. The number of hydrogen-bond acceptors (Lipinski definition) is 5. The summed E-state index contributed by atoms with van der Waals surface area (Å²) in [6.45, 7) is 4.17. The Balaban J connectivity index is 4.66. The van der Waals surface area contributed by atoms with Gasteiger partial charge >= 0.3 is 18.0 Å². The van der Waals surface area contributed by atoms with Crippen molar-refractivity contribution in [3.8, 4) is 0 Å². The van der Waals surface area contributed by atoms with Gasteiger partial charge in [-0.15, -0.1) is 0 Å². The Bertz CT molecular complexity index is 331. The third kappa shape index (κ3) is 6.05. The van der Waals surface area contributed by atoms with E-state index in [1.165, 1.54) is 0 Å². The maximum Gasteiger partial charge on any atom is 0.328 e. The number of carbonyl (C=O) groups excluding carboxylic acids is 2. The number of aliphatic hydroxyl groups is 1. The lowest BCUT2D eigenvalue weighted by Gasteiger charge is -2.27. The molecule has 8 nitrogen and oxygen atoms in total. The molecule has 0 radical (unpaired) electrons. The quantitative estimate of drug-likeness (QED) is 0.535. The van der Waals surface area contributed by atoms with Crippen LogP contribution in [0.5, 0.6) is 0 Å². The molecular formula is C11H20N2O6. The lowest BCUT2D eigenvalue weighted by Crippen LogP contribution is -2.52. The summed E-state index contributed by atoms with van der Waals surface area (Å²) >= 11 is 0. The van der Waals surface area contributed by atoms with E-state index >= 15 is 0 Å². The van der Waals surface area contributed by atoms with Crippen LogP contribution in [-0.4, -0.2) is 64.9 Å². The highest BCUT2D eigenvalue weighted by molar-refractivity contribution is 5.85. The topological polar surface area (TPSA) is 116 Å². The van der Waals surface area contributed by atoms with E-state index in [0.29, 0.717) is 0 Å². The largest absolute Gasteiger partial charge is 0.480 e. The van der Waals surface area contributed by atoms with E-state index in [1.54, 1.807) is 20.8 Å². The first-order valence-electron chi connectivity index (χ1n) is 5.89. The van der Waals surface area contributed by atoms with Crippen LogP contribution >= 0.6 is 0 Å². The van der Waals surface area contributed by atoms with Gasteiger partial charge in [-0.3, -0.25) is 4.79 Å². The number of carbonyl (C=O) groups is 3. The lowest BCUT2D eigenvalue weighted by molar-refractivity contribution is -0.144. The maximum atomic E-state index is 11.8. The first-order chi connectivity index (χ1) is 8.83. The highest BCUT2D eigenvalue weighted by Crippen LogP contribution is 2.01. The predicted molar refractivity (Wildman–Crippen MR) is 65.5 cm³/mol. The number of aliphatic hydroxyl groups excluding tert-OH is 1. The maximum absolute atomic E-state index is 11.8. The molecule has 110 valence electrons. The molecule has 0 aromatic rings. The number of carboxylic acids is 1. The van der Waals surface area contributed by atoms with Crippen LogP contribution in [0.2, 0.25) is 0 Å². The van der Waals surface area contributed by atoms with Gasteiger partial charge in [-0.05, 0) is 20.8 Å². The van der Waals surface area contributed by atoms with Crippen molar-refractivity contribution < 1.29 is 29.3 Å². The van der Waals surface area contributed by atoms with Crippen molar-refractivity contribution in [2.45, 2.75) is 32.9 Å². The number of carboxylic acid groups (broad SMARTS) is 1. The first-order valence-corrected chi connectivity index (χ1v) is 5.89. The lowest BCUT2D eigenvalue weighted by atomic mass is 10.3. The SMILES string of the molecule is CCOC(=O)CN(C(=O)N[C@@H](CO)C(=O)O)C(C)C. The summed E-state index contributed by atoms with van der Waals surface area (Å²) in [4.78, 5) is 35.0. The zero-order chi connectivity index (χ0) is 15.0. The molecule has 8 heteroatoms. The van der Waals surface area contributed by atoms with Crippen LogP contribution in [0.25, 0.3) is 0 Å². The van der Waals surface area contributed by atoms with Crippen LogP contribution in [0.1, 0.15) is 20.8 Å². The molecule has 1 atom stereocenters. The summed E-state index contributed by atoms with van der Waals surface area (Å²) in [5.41, 5.74) is 0. The Labute approximate surface area is 111 Å². The smallest absolute Gasteiger partial charge is 0.328 e. The molecule has 3 N–H and O–H groups in total. The van der Waals surface area contributed by atoms with E-state index in [4.69, 9.17) is 14.9 Å². The number of nitrogens with zero attached hydrogens (tertiary/aromatic N) is 1. The van der Waals surface area contributed by atoms with Gasteiger partial charge in [0.05, 0.1) is 13.2 Å². The van der Waals surface area contributed by atoms with Gasteiger partial charge in [0.1, 0.15) is 6.54 Å². The minimum atomic E-state index is -1.41. The molecule has 0 aliphatic rings. The number of amides is 2. The molecule has 2 amide bonds. The van der Waals surface area contributed by atoms with Crippen LogP contribution < -0.4 is 5.32 Å². The Morgan fingerprint density at radius 2 is 1.89 bits per heavy atom. The van der Waals surface area contributed by atoms with Gasteiger partial charge in [-0.25, -0.2) is 9.59 Å². The molecule has 0 rings (SSSR count). The van der Waals surface area contributed by atoms with Crippen molar-refractivity contribution in [2.24, 2.45) is 0 Å². The number of esters is 1. The summed E-state index contributed by atoms with van der Waals surface area (Å²) in [6, 6.07) is -2.47. The molecule has 0 bridgehead atoms. The first kappa shape index (κ1) is 17.2. The van der Waals surface area contributed by atoms with Gasteiger partial charge in [-0.2, -0.15) is 0 Å². The van der Waals surface area contributed by atoms with E-state index in [2.05, 4.69) is 5.32 Å². The minimum Gasteiger partial charge on any atom is -0.480 e. The number of urea groups is 1. The third-order valence-corrected chi connectivity index (χ3v) is 2.27. The van der Waals surface area contributed by atoms with Crippen LogP contribution in [0, 0.1) is 0 Å². The zero-order valence-corrected chi connectivity index (χ0v) is 11.3. The van der Waals surface area contributed by atoms with Gasteiger partial charge in [0, 0.05) is 6.04 Å². The Morgan fingerprint density at radius 1 is 1.32 bits per heavy atom. The Hall–Kier alpha value is -1.83. The minimum absolute atomic E-state index is 0.195. The molecule has 0 heterocycles. The zero-order valence-electron chi connectivity index (χ0n) is 11.3. The molecule has 0 aromatic heterocycles. The van der Waals surface area contributed by atoms with Gasteiger partial charge in [-0.1, -0.05) is 0 Å². The summed E-state index contributed by atoms with van der Waals surface area (Å²) in [5.74, 6) is -1.93. The standard InChI is InChI=1S/C11H20N2O6/c1-4-19-9(15)5-13(7(2)3)11(18)12-8(6-14)10(16)17/h7-8,14H,4-6H2,1-3H3,(H,12,18)(H,16,17)/t8-/m0/s1. The van der Waals surface area contributed by atoms with Crippen molar-refractivity contribution in [1.82, 2.24) is 10.2 Å². The van der Waals surface area contributed by atoms with Crippen LogP contribution in [0.15, 0.2) is 0 Å². The molecule has 0 aliphatic heterocycles. The monoisotopic (exact) mass is 276 g/mol. The summed E-state index contributed by atoms with van der Waals surface area (Å²) in [7, 11) is 0. The van der Waals surface area contributed by atoms with Crippen LogP contribution in [0.3, 0.4) is 0 Å². The summed E-state index contributed by atoms with van der Waals surface area (Å²) in [6.07, 6.45) is 0. The van der Waals surface area contributed by atoms with E-state index < -0.39 is 30.6 Å². The molecule has 0 unspecified atom stereocenters. The number of rotatable bonds is 7. The van der Waals surface area contributed by atoms with Gasteiger partial charge in [0.25, 0.3) is 0 Å². The van der Waals surface area contributed by atoms with E-state index in [0.717, 1.165) is 4.90 Å². The Morgan fingerprint density at radius 3 is 2.26 bits per heavy atom. The van der Waals surface area contributed by atoms with Gasteiger partial charge in [0.15, 0.2) is 6.04 Å². The van der Waals surface area contributed by atoms with Crippen molar-refractivity contribution in [3.63, 3.8) is 0 Å². The average molecular weight is 276 g/mol. The number of nitrogens with one attached hydrogen (secondary N) is 1. The summed E-state index contributed by atoms with van der Waals surface area (Å²) in [5, 5.41) is 19.7. The normalized spacial score (nSPS) is 11.8. The number of ether oxygens (including phenoxy) is 1. The van der Waals surface area contributed by atoms with Crippen molar-refractivity contribution >= 4 is 18.0 Å². The second kappa shape index (κ2) is 8.30. The fourth-order valence-electron chi connectivity index (χ4n) is 1.25. The fourth-order valence-corrected chi connectivity index (χ4v) is 1.25. The molecule has 0 saturated carbocycles. The van der Waals surface area contributed by atoms with Crippen molar-refractivity contribution in [1.29, 1.82) is 0 Å². The van der Waals surface area contributed by atoms with Gasteiger partial charge in [0.2, 0.25) is 0 Å². The van der Waals surface area contributed by atoms with Crippen molar-refractivity contribution in [2.75, 3.05) is 19.8 Å². The molecule has 0 spiro atoms. The molecule has 19 heavy (non-hydrogen) atoms. The van der Waals surface area contributed by atoms with Crippen molar-refractivity contribution in [3.05, 3.63) is 0 Å². The highest BCUT2D eigenvalue weighted by atomic mass is 16.5. The molecular weight excluding hydrogens is 256 g/mol. The third-order valence-electron chi connectivity index (χ3n) is 2.27. The fraction of sp³-hybridized carbons (Fsp3) is 0.727. The Kier molecular flexibility index (Phi) is 7.50. The highest BCUT2D eigenvalue weighted by Gasteiger charge is 2.25. The molecule has 0 fully saturated rings. The summed E-state index contributed by atoms with van der Waals surface area (Å²) < 4.78 is 4.73. The molecule has 0 saturated heterocycles. The van der Waals surface area contributed by atoms with E-state index in [1.807, 2.05) is 0 Å². The van der Waals surface area contributed by atoms with Gasteiger partial charge < -0.3 is 25.2 Å².